The Hall–Kier alpha value is 0.279. The maximum absolute atomic E-state index is 5.15. The molecule has 0 radical (unpaired) electrons. The van der Waals surface area contributed by atoms with Gasteiger partial charge in [0.1, 0.15) is 0 Å². The summed E-state index contributed by atoms with van der Waals surface area (Å²) in [4.78, 5) is 0. The van der Waals surface area contributed by atoms with Crippen LogP contribution in [0.1, 0.15) is 20.8 Å². The molecule has 0 N–H and O–H groups in total. The molecule has 0 amide bonds. The molecule has 0 spiro atoms. The maximum atomic E-state index is 5.15. The van der Waals surface area contributed by atoms with E-state index in [4.69, 9.17) is 9.47 Å². The second kappa shape index (κ2) is 8.58. The van der Waals surface area contributed by atoms with Crippen LogP contribution in [-0.4, -0.2) is 38.9 Å². The molecule has 0 aromatic heterocycles. The number of hydrogen-bond acceptors (Lipinski definition) is 2. The van der Waals surface area contributed by atoms with Gasteiger partial charge in [0.25, 0.3) is 0 Å². The van der Waals surface area contributed by atoms with E-state index < -0.39 is 18.4 Å². The van der Waals surface area contributed by atoms with E-state index in [1.54, 1.807) is 7.11 Å². The molecule has 82 valence electrons. The Morgan fingerprint density at radius 2 is 1.64 bits per heavy atom. The Kier molecular flexibility index (Phi) is 8.75. The molecule has 0 heterocycles. The summed E-state index contributed by atoms with van der Waals surface area (Å²) in [7, 11) is 1.63. The van der Waals surface area contributed by atoms with Crippen LogP contribution in [0.3, 0.4) is 0 Å². The molecule has 0 aliphatic carbocycles. The van der Waals surface area contributed by atoms with Crippen LogP contribution in [0.25, 0.3) is 0 Å². The van der Waals surface area contributed by atoms with Gasteiger partial charge in [0.15, 0.2) is 0 Å². The van der Waals surface area contributed by atoms with Crippen molar-refractivity contribution in [1.82, 2.24) is 0 Å². The zero-order valence-corrected chi connectivity index (χ0v) is 12.7. The molecule has 0 aromatic carbocycles. The first-order valence-electron chi connectivity index (χ1n) is 5.31. The number of rotatable bonds is 6. The van der Waals surface area contributed by atoms with Crippen molar-refractivity contribution in [3.8, 4) is 9.86 Å². The molecule has 0 aliphatic rings. The van der Waals surface area contributed by atoms with Crippen molar-refractivity contribution >= 4 is 18.4 Å². The monoisotopic (exact) mass is 306 g/mol. The summed E-state index contributed by atoms with van der Waals surface area (Å²) in [6.07, 6.45) is 0. The average molecular weight is 305 g/mol. The summed E-state index contributed by atoms with van der Waals surface area (Å²) in [6.45, 7) is 7.73. The Morgan fingerprint density at radius 3 is 2.07 bits per heavy atom. The second-order valence-corrected chi connectivity index (χ2v) is 17.5. The minimum atomic E-state index is -2.00. The molecule has 0 unspecified atom stereocenters. The standard InChI is InChI=1S/C5H7O2.3C2H5.Sn/c1-3-4-7-5-6-2;3*1-2;/h4-5H2,2H3;3*1H2,2H3;. The van der Waals surface area contributed by atoms with Gasteiger partial charge in [0.05, 0.1) is 0 Å². The molecule has 14 heavy (non-hydrogen) atoms. The summed E-state index contributed by atoms with van der Waals surface area (Å²) in [5.41, 5.74) is 0. The molecule has 0 bridgehead atoms. The normalized spacial score (nSPS) is 10.9. The van der Waals surface area contributed by atoms with E-state index >= 15 is 0 Å². The Balaban J connectivity index is 4.00. The zero-order chi connectivity index (χ0) is 10.9. The van der Waals surface area contributed by atoms with Gasteiger partial charge in [0.2, 0.25) is 0 Å². The van der Waals surface area contributed by atoms with Gasteiger partial charge in [-0.1, -0.05) is 0 Å². The van der Waals surface area contributed by atoms with Gasteiger partial charge in [-0.3, -0.25) is 0 Å². The molecule has 0 rings (SSSR count). The van der Waals surface area contributed by atoms with Crippen molar-refractivity contribution in [2.75, 3.05) is 20.5 Å². The van der Waals surface area contributed by atoms with Crippen LogP contribution in [0.2, 0.25) is 13.3 Å². The number of hydrogen-bond donors (Lipinski definition) is 0. The number of methoxy groups -OCH3 is 1. The third-order valence-corrected chi connectivity index (χ3v) is 16.4. The van der Waals surface area contributed by atoms with E-state index in [-0.39, 0.29) is 0 Å². The first-order valence-corrected chi connectivity index (χ1v) is 12.8. The van der Waals surface area contributed by atoms with Gasteiger partial charge < -0.3 is 0 Å². The molecule has 0 atom stereocenters. The van der Waals surface area contributed by atoms with Gasteiger partial charge in [-0.2, -0.15) is 0 Å². The molecular formula is C11H22O2Sn. The van der Waals surface area contributed by atoms with Crippen LogP contribution in [0.5, 0.6) is 0 Å². The van der Waals surface area contributed by atoms with Crippen molar-refractivity contribution in [3.05, 3.63) is 0 Å². The fraction of sp³-hybridized carbons (Fsp3) is 0.818. The predicted octanol–water partition coefficient (Wildman–Crippen LogP) is 2.66. The van der Waals surface area contributed by atoms with Crippen LogP contribution in [0.15, 0.2) is 0 Å². The Bertz CT molecular complexity index is 181. The fourth-order valence-corrected chi connectivity index (χ4v) is 8.49. The van der Waals surface area contributed by atoms with Gasteiger partial charge in [-0.25, -0.2) is 0 Å². The average Bonchev–Trinajstić information content (AvgIpc) is 2.24. The number of ether oxygens (including phenoxy) is 2. The second-order valence-electron chi connectivity index (χ2n) is 3.40. The van der Waals surface area contributed by atoms with Gasteiger partial charge >= 0.3 is 92.3 Å². The first kappa shape index (κ1) is 14.3. The molecule has 0 saturated heterocycles. The van der Waals surface area contributed by atoms with Crippen LogP contribution < -0.4 is 0 Å². The van der Waals surface area contributed by atoms with Gasteiger partial charge in [-0.05, 0) is 0 Å². The third-order valence-electron chi connectivity index (χ3n) is 2.76. The van der Waals surface area contributed by atoms with Gasteiger partial charge in [-0.15, -0.1) is 0 Å². The van der Waals surface area contributed by atoms with E-state index in [9.17, 15) is 0 Å². The summed E-state index contributed by atoms with van der Waals surface area (Å²) in [6, 6.07) is 0. The third kappa shape index (κ3) is 5.23. The van der Waals surface area contributed by atoms with E-state index in [0.717, 1.165) is 0 Å². The molecule has 0 aromatic rings. The topological polar surface area (TPSA) is 18.5 Å². The van der Waals surface area contributed by atoms with Crippen molar-refractivity contribution in [3.63, 3.8) is 0 Å². The predicted molar refractivity (Wildman–Crippen MR) is 62.8 cm³/mol. The summed E-state index contributed by atoms with van der Waals surface area (Å²) in [5, 5.41) is 0. The van der Waals surface area contributed by atoms with Crippen molar-refractivity contribution in [2.45, 2.75) is 34.1 Å². The Labute approximate surface area is 92.2 Å². The van der Waals surface area contributed by atoms with Crippen molar-refractivity contribution in [1.29, 1.82) is 0 Å². The van der Waals surface area contributed by atoms with Crippen LogP contribution in [0, 0.1) is 9.86 Å². The van der Waals surface area contributed by atoms with Gasteiger partial charge in [0, 0.05) is 0 Å². The zero-order valence-electron chi connectivity index (χ0n) is 9.85. The first-order chi connectivity index (χ1) is 6.74. The molecule has 0 aliphatic heterocycles. The molecule has 3 heteroatoms. The molecule has 0 fully saturated rings. The Morgan fingerprint density at radius 1 is 1.07 bits per heavy atom. The van der Waals surface area contributed by atoms with E-state index in [2.05, 4.69) is 30.6 Å². The summed E-state index contributed by atoms with van der Waals surface area (Å²) < 4.78 is 17.4. The molecular weight excluding hydrogens is 283 g/mol. The fourth-order valence-electron chi connectivity index (χ4n) is 1.41. The van der Waals surface area contributed by atoms with Crippen LogP contribution >= 0.6 is 0 Å². The SMILES string of the molecule is C[CH2][Sn]([C]#CCOCOC)([CH2]C)[CH2]C. The van der Waals surface area contributed by atoms with Crippen LogP contribution in [0.4, 0.5) is 0 Å². The molecule has 0 saturated carbocycles. The van der Waals surface area contributed by atoms with E-state index in [1.165, 1.54) is 13.3 Å². The van der Waals surface area contributed by atoms with Crippen LogP contribution in [-0.2, 0) is 9.47 Å². The summed E-state index contributed by atoms with van der Waals surface area (Å²) >= 11 is -2.00. The van der Waals surface area contributed by atoms with Crippen molar-refractivity contribution in [2.24, 2.45) is 0 Å². The van der Waals surface area contributed by atoms with Crippen molar-refractivity contribution < 1.29 is 9.47 Å². The van der Waals surface area contributed by atoms with E-state index in [1.807, 2.05) is 0 Å². The van der Waals surface area contributed by atoms with E-state index in [0.29, 0.717) is 13.4 Å². The quantitative estimate of drug-likeness (QED) is 0.325. The minimum absolute atomic E-state index is 0.349. The summed E-state index contributed by atoms with van der Waals surface area (Å²) in [5.74, 6) is 3.16. The molecule has 2 nitrogen and oxygen atoms in total.